The van der Waals surface area contributed by atoms with E-state index in [9.17, 15) is 4.79 Å². The molecule has 102 valence electrons. The summed E-state index contributed by atoms with van der Waals surface area (Å²) < 4.78 is 19.9. The lowest BCUT2D eigenvalue weighted by Gasteiger charge is -2.16. The third-order valence-corrected chi connectivity index (χ3v) is 2.31. The van der Waals surface area contributed by atoms with E-state index in [-0.39, 0.29) is 6.61 Å². The smallest absolute Gasteiger partial charge is 0.493 e. The summed E-state index contributed by atoms with van der Waals surface area (Å²) in [6.45, 7) is 1.82. The van der Waals surface area contributed by atoms with Crippen LogP contribution in [0.4, 0.5) is 4.79 Å². The second kappa shape index (κ2) is 7.11. The number of methoxy groups -OCH3 is 2. The van der Waals surface area contributed by atoms with Crippen LogP contribution in [0, 0.1) is 11.3 Å². The lowest BCUT2D eigenvalue weighted by atomic mass is 10.1. The summed E-state index contributed by atoms with van der Waals surface area (Å²) in [5.41, 5.74) is 0.400. The van der Waals surface area contributed by atoms with Crippen LogP contribution in [0.3, 0.4) is 0 Å². The zero-order valence-electron chi connectivity index (χ0n) is 11.0. The summed E-state index contributed by atoms with van der Waals surface area (Å²) in [4.78, 5) is 11.3. The summed E-state index contributed by atoms with van der Waals surface area (Å²) in [5.74, 6) is 0.800. The van der Waals surface area contributed by atoms with Gasteiger partial charge in [-0.3, -0.25) is 0 Å². The number of hydrogen-bond acceptors (Lipinski definition) is 6. The molecule has 1 aromatic rings. The molecule has 6 heteroatoms. The first-order valence-electron chi connectivity index (χ1n) is 5.61. The van der Waals surface area contributed by atoms with E-state index in [0.29, 0.717) is 17.1 Å². The number of carbonyl (C=O) groups is 1. The van der Waals surface area contributed by atoms with E-state index < -0.39 is 12.3 Å². The Morgan fingerprint density at radius 2 is 2.11 bits per heavy atom. The minimum absolute atomic E-state index is 0.173. The highest BCUT2D eigenvalue weighted by Gasteiger charge is 2.23. The van der Waals surface area contributed by atoms with Crippen molar-refractivity contribution in [3.8, 4) is 17.6 Å². The van der Waals surface area contributed by atoms with Gasteiger partial charge in [0.2, 0.25) is 6.10 Å². The molecule has 0 aliphatic rings. The van der Waals surface area contributed by atoms with Crippen molar-refractivity contribution in [3.63, 3.8) is 0 Å². The molecule has 0 spiro atoms. The molecule has 1 atom stereocenters. The third-order valence-electron chi connectivity index (χ3n) is 2.31. The Morgan fingerprint density at radius 3 is 2.63 bits per heavy atom. The molecule has 0 bridgehead atoms. The van der Waals surface area contributed by atoms with Crippen molar-refractivity contribution in [2.45, 2.75) is 13.0 Å². The fourth-order valence-corrected chi connectivity index (χ4v) is 1.53. The number of nitriles is 1. The Labute approximate surface area is 111 Å². The summed E-state index contributed by atoms with van der Waals surface area (Å²) in [5, 5.41) is 9.10. The van der Waals surface area contributed by atoms with Crippen LogP contribution < -0.4 is 9.47 Å². The summed E-state index contributed by atoms with van der Waals surface area (Å²) in [6, 6.07) is 6.85. The van der Waals surface area contributed by atoms with Gasteiger partial charge in [0, 0.05) is 0 Å². The first-order chi connectivity index (χ1) is 9.17. The van der Waals surface area contributed by atoms with Gasteiger partial charge in [-0.25, -0.2) is 4.79 Å². The number of para-hydroxylation sites is 1. The molecule has 0 aliphatic heterocycles. The molecule has 0 aromatic heterocycles. The molecule has 1 aromatic carbocycles. The minimum atomic E-state index is -1.12. The Hall–Kier alpha value is -2.42. The molecule has 0 unspecified atom stereocenters. The average molecular weight is 265 g/mol. The molecule has 19 heavy (non-hydrogen) atoms. The van der Waals surface area contributed by atoms with Gasteiger partial charge in [-0.2, -0.15) is 5.26 Å². The standard InChI is InChI=1S/C13H15NO5/c1-4-18-13(15)19-11(8-14)9-6-5-7-10(16-2)12(9)17-3/h5-7,11H,4H2,1-3H3/t11-/m0/s1. The largest absolute Gasteiger partial charge is 0.509 e. The maximum Gasteiger partial charge on any atom is 0.509 e. The second-order valence-electron chi connectivity index (χ2n) is 3.39. The molecule has 0 amide bonds. The molecule has 0 saturated carbocycles. The zero-order chi connectivity index (χ0) is 14.3. The van der Waals surface area contributed by atoms with Gasteiger partial charge in [0.15, 0.2) is 11.5 Å². The fourth-order valence-electron chi connectivity index (χ4n) is 1.53. The molecule has 0 radical (unpaired) electrons. The van der Waals surface area contributed by atoms with E-state index in [2.05, 4.69) is 4.74 Å². The molecule has 0 N–H and O–H groups in total. The number of benzene rings is 1. The molecule has 0 heterocycles. The first-order valence-corrected chi connectivity index (χ1v) is 5.61. The van der Waals surface area contributed by atoms with E-state index in [1.54, 1.807) is 25.1 Å². The summed E-state index contributed by atoms with van der Waals surface area (Å²) in [7, 11) is 2.93. The van der Waals surface area contributed by atoms with Gasteiger partial charge in [0.05, 0.1) is 26.4 Å². The number of ether oxygens (including phenoxy) is 4. The third kappa shape index (κ3) is 3.52. The van der Waals surface area contributed by atoms with Crippen molar-refractivity contribution in [1.82, 2.24) is 0 Å². The number of nitrogens with zero attached hydrogens (tertiary/aromatic N) is 1. The van der Waals surface area contributed by atoms with E-state index in [0.717, 1.165) is 0 Å². The van der Waals surface area contributed by atoms with Gasteiger partial charge in [-0.05, 0) is 13.0 Å². The second-order valence-corrected chi connectivity index (χ2v) is 3.39. The molecule has 0 fully saturated rings. The van der Waals surface area contributed by atoms with Crippen molar-refractivity contribution >= 4 is 6.16 Å². The van der Waals surface area contributed by atoms with Gasteiger partial charge < -0.3 is 18.9 Å². The Bertz CT molecular complexity index is 480. The quantitative estimate of drug-likeness (QED) is 0.761. The SMILES string of the molecule is CCOC(=O)O[C@@H](C#N)c1cccc(OC)c1OC. The highest BCUT2D eigenvalue weighted by atomic mass is 16.7. The van der Waals surface area contributed by atoms with Crippen molar-refractivity contribution in [2.75, 3.05) is 20.8 Å². The van der Waals surface area contributed by atoms with Gasteiger partial charge in [0.1, 0.15) is 6.07 Å². The van der Waals surface area contributed by atoms with Crippen LogP contribution in [0.5, 0.6) is 11.5 Å². The van der Waals surface area contributed by atoms with Crippen molar-refractivity contribution < 1.29 is 23.7 Å². The van der Waals surface area contributed by atoms with Crippen LogP contribution in [0.1, 0.15) is 18.6 Å². The number of hydrogen-bond donors (Lipinski definition) is 0. The van der Waals surface area contributed by atoms with Crippen LogP contribution >= 0.6 is 0 Å². The summed E-state index contributed by atoms with van der Waals surface area (Å²) in [6.07, 6.45) is -2.02. The molecule has 6 nitrogen and oxygen atoms in total. The molecule has 0 aliphatic carbocycles. The predicted octanol–water partition coefficient (Wildman–Crippen LogP) is 2.44. The molecular weight excluding hydrogens is 250 g/mol. The average Bonchev–Trinajstić information content (AvgIpc) is 2.44. The molecular formula is C13H15NO5. The zero-order valence-corrected chi connectivity index (χ0v) is 11.0. The number of rotatable bonds is 5. The van der Waals surface area contributed by atoms with Crippen molar-refractivity contribution in [3.05, 3.63) is 23.8 Å². The van der Waals surface area contributed by atoms with Crippen LogP contribution in [0.15, 0.2) is 18.2 Å². The van der Waals surface area contributed by atoms with Gasteiger partial charge in [-0.15, -0.1) is 0 Å². The van der Waals surface area contributed by atoms with Crippen LogP contribution in [0.2, 0.25) is 0 Å². The maximum absolute atomic E-state index is 11.3. The lowest BCUT2D eigenvalue weighted by Crippen LogP contribution is -2.12. The first kappa shape index (κ1) is 14.6. The van der Waals surface area contributed by atoms with Gasteiger partial charge in [-0.1, -0.05) is 12.1 Å². The lowest BCUT2D eigenvalue weighted by molar-refractivity contribution is 0.0414. The monoisotopic (exact) mass is 265 g/mol. The van der Waals surface area contributed by atoms with E-state index in [1.807, 2.05) is 6.07 Å². The van der Waals surface area contributed by atoms with Crippen LogP contribution in [-0.2, 0) is 9.47 Å². The van der Waals surface area contributed by atoms with Gasteiger partial charge in [0.25, 0.3) is 0 Å². The van der Waals surface area contributed by atoms with E-state index >= 15 is 0 Å². The van der Waals surface area contributed by atoms with E-state index in [4.69, 9.17) is 19.5 Å². The predicted molar refractivity (Wildman–Crippen MR) is 66.0 cm³/mol. The van der Waals surface area contributed by atoms with Crippen molar-refractivity contribution in [1.29, 1.82) is 5.26 Å². The highest BCUT2D eigenvalue weighted by molar-refractivity contribution is 5.61. The Morgan fingerprint density at radius 1 is 1.37 bits per heavy atom. The van der Waals surface area contributed by atoms with Crippen molar-refractivity contribution in [2.24, 2.45) is 0 Å². The number of carbonyl (C=O) groups excluding carboxylic acids is 1. The summed E-state index contributed by atoms with van der Waals surface area (Å²) >= 11 is 0. The fraction of sp³-hybridized carbons (Fsp3) is 0.385. The Kier molecular flexibility index (Phi) is 5.48. The molecule has 1 rings (SSSR count). The maximum atomic E-state index is 11.3. The minimum Gasteiger partial charge on any atom is -0.493 e. The van der Waals surface area contributed by atoms with E-state index in [1.165, 1.54) is 14.2 Å². The molecule has 0 saturated heterocycles. The topological polar surface area (TPSA) is 77.8 Å². The van der Waals surface area contributed by atoms with Gasteiger partial charge >= 0.3 is 6.16 Å². The highest BCUT2D eigenvalue weighted by Crippen LogP contribution is 2.35. The van der Waals surface area contributed by atoms with Crippen LogP contribution in [-0.4, -0.2) is 27.0 Å². The normalized spacial score (nSPS) is 11.1. The van der Waals surface area contributed by atoms with Crippen LogP contribution in [0.25, 0.3) is 0 Å². The Balaban J connectivity index is 3.05.